The third-order valence-electron chi connectivity index (χ3n) is 5.84. The molecule has 168 valence electrons. The van der Waals surface area contributed by atoms with E-state index in [2.05, 4.69) is 4.98 Å². The molecular weight excluding hydrogens is 459 g/mol. The Bertz CT molecular complexity index is 1690. The van der Waals surface area contributed by atoms with Crippen molar-refractivity contribution in [3.05, 3.63) is 93.6 Å². The zero-order valence-electron chi connectivity index (χ0n) is 17.6. The van der Waals surface area contributed by atoms with Gasteiger partial charge in [-0.2, -0.15) is 0 Å². The Hall–Kier alpha value is -4.24. The summed E-state index contributed by atoms with van der Waals surface area (Å²) < 4.78 is 25.5. The van der Waals surface area contributed by atoms with Crippen LogP contribution in [0.2, 0.25) is 0 Å². The largest absolute Gasteiger partial charge is 0.504 e. The van der Waals surface area contributed by atoms with Gasteiger partial charge in [-0.3, -0.25) is 14.5 Å². The summed E-state index contributed by atoms with van der Waals surface area (Å²) in [5, 5.41) is 10.7. The Balaban J connectivity index is 1.64. The summed E-state index contributed by atoms with van der Waals surface area (Å²) in [6, 6.07) is 14.6. The number of methoxy groups -OCH3 is 1. The van der Waals surface area contributed by atoms with Gasteiger partial charge in [0.05, 0.1) is 34.3 Å². The van der Waals surface area contributed by atoms with Crippen molar-refractivity contribution < 1.29 is 23.4 Å². The van der Waals surface area contributed by atoms with E-state index in [0.717, 1.165) is 11.3 Å². The number of fused-ring (bicyclic) bond motifs is 3. The number of amides is 1. The van der Waals surface area contributed by atoms with Crippen LogP contribution in [0.15, 0.2) is 69.9 Å². The van der Waals surface area contributed by atoms with Gasteiger partial charge in [0.1, 0.15) is 11.4 Å². The fourth-order valence-corrected chi connectivity index (χ4v) is 5.30. The molecule has 1 unspecified atom stereocenters. The van der Waals surface area contributed by atoms with Crippen LogP contribution >= 0.6 is 11.3 Å². The summed E-state index contributed by atoms with van der Waals surface area (Å²) in [6.07, 6.45) is 0. The number of rotatable bonds is 3. The van der Waals surface area contributed by atoms with Crippen molar-refractivity contribution in [3.63, 3.8) is 0 Å². The second-order valence-electron chi connectivity index (χ2n) is 7.79. The fraction of sp³-hybridized carbons (Fsp3) is 0.0800. The highest BCUT2D eigenvalue weighted by Crippen LogP contribution is 2.45. The van der Waals surface area contributed by atoms with Crippen LogP contribution in [0.1, 0.15) is 27.7 Å². The molecule has 5 aromatic rings. The Morgan fingerprint density at radius 3 is 2.76 bits per heavy atom. The van der Waals surface area contributed by atoms with Gasteiger partial charge in [-0.25, -0.2) is 9.37 Å². The number of thiazole rings is 1. The average Bonchev–Trinajstić information content (AvgIpc) is 3.38. The van der Waals surface area contributed by atoms with Gasteiger partial charge in [-0.05, 0) is 48.0 Å². The number of nitrogens with zero attached hydrogens (tertiary/aromatic N) is 2. The molecule has 0 saturated heterocycles. The van der Waals surface area contributed by atoms with Gasteiger partial charge < -0.3 is 14.3 Å². The van der Waals surface area contributed by atoms with E-state index in [4.69, 9.17) is 9.15 Å². The molecule has 1 N–H and O–H groups in total. The van der Waals surface area contributed by atoms with Gasteiger partial charge in [-0.1, -0.05) is 29.5 Å². The van der Waals surface area contributed by atoms with Gasteiger partial charge in [0, 0.05) is 0 Å². The van der Waals surface area contributed by atoms with Crippen molar-refractivity contribution in [2.24, 2.45) is 0 Å². The number of phenols is 1. The van der Waals surface area contributed by atoms with Gasteiger partial charge in [0.2, 0.25) is 5.76 Å². The number of carbonyl (C=O) groups is 1. The van der Waals surface area contributed by atoms with Crippen molar-refractivity contribution in [1.82, 2.24) is 4.98 Å². The van der Waals surface area contributed by atoms with E-state index >= 15 is 0 Å². The fourth-order valence-electron chi connectivity index (χ4n) is 4.29. The van der Waals surface area contributed by atoms with Crippen LogP contribution in [0.25, 0.3) is 21.2 Å². The monoisotopic (exact) mass is 474 g/mol. The highest BCUT2D eigenvalue weighted by atomic mass is 32.1. The lowest BCUT2D eigenvalue weighted by Crippen LogP contribution is -2.29. The minimum atomic E-state index is -0.886. The predicted molar refractivity (Wildman–Crippen MR) is 125 cm³/mol. The lowest BCUT2D eigenvalue weighted by molar-refractivity contribution is 0.0971. The normalized spacial score (nSPS) is 15.3. The molecule has 1 amide bonds. The molecule has 9 heteroatoms. The number of carbonyl (C=O) groups excluding carboxylic acids is 1. The first-order valence-electron chi connectivity index (χ1n) is 10.3. The smallest absolute Gasteiger partial charge is 0.297 e. The molecule has 0 fully saturated rings. The Morgan fingerprint density at radius 2 is 1.94 bits per heavy atom. The number of halogens is 1. The Kier molecular flexibility index (Phi) is 4.43. The SMILES string of the molecule is COc1cc(C2c3c(oc4ccccc4c3=O)C(=O)N2c2nc3ccc(F)cc3s2)ccc1O. The summed E-state index contributed by atoms with van der Waals surface area (Å²) in [4.78, 5) is 33.1. The molecule has 0 aliphatic carbocycles. The van der Waals surface area contributed by atoms with Crippen LogP contribution < -0.4 is 15.1 Å². The van der Waals surface area contributed by atoms with Gasteiger partial charge >= 0.3 is 0 Å². The van der Waals surface area contributed by atoms with Crippen LogP contribution in [0.4, 0.5) is 9.52 Å². The molecule has 6 rings (SSSR count). The molecule has 1 aliphatic heterocycles. The van der Waals surface area contributed by atoms with Crippen LogP contribution in [0.3, 0.4) is 0 Å². The van der Waals surface area contributed by atoms with E-state index in [9.17, 15) is 19.1 Å². The Morgan fingerprint density at radius 1 is 1.12 bits per heavy atom. The molecule has 0 saturated carbocycles. The lowest BCUT2D eigenvalue weighted by Gasteiger charge is -2.23. The number of benzene rings is 3. The standard InChI is InChI=1S/C25H15FN2O5S/c1-32-18-10-12(6-9-16(18)29)21-20-22(30)14-4-2-3-5-17(14)33-23(20)24(31)28(21)25-27-15-8-7-13(26)11-19(15)34-25/h2-11,21,29H,1H3. The molecule has 2 aromatic heterocycles. The minimum Gasteiger partial charge on any atom is -0.504 e. The maximum Gasteiger partial charge on any atom is 0.297 e. The number of phenolic OH excluding ortho intramolecular Hbond substituents is 1. The van der Waals surface area contributed by atoms with E-state index in [1.807, 2.05) is 0 Å². The first-order valence-corrected chi connectivity index (χ1v) is 11.1. The summed E-state index contributed by atoms with van der Waals surface area (Å²) >= 11 is 1.13. The molecule has 1 aliphatic rings. The van der Waals surface area contributed by atoms with E-state index in [0.29, 0.717) is 26.7 Å². The summed E-state index contributed by atoms with van der Waals surface area (Å²) in [6.45, 7) is 0. The average molecular weight is 474 g/mol. The van der Waals surface area contributed by atoms with Crippen molar-refractivity contribution in [3.8, 4) is 11.5 Å². The predicted octanol–water partition coefficient (Wildman–Crippen LogP) is 5.01. The van der Waals surface area contributed by atoms with E-state index in [-0.39, 0.29) is 33.4 Å². The second-order valence-corrected chi connectivity index (χ2v) is 8.80. The first kappa shape index (κ1) is 20.4. The molecule has 0 bridgehead atoms. The lowest BCUT2D eigenvalue weighted by atomic mass is 9.98. The van der Waals surface area contributed by atoms with E-state index < -0.39 is 17.8 Å². The van der Waals surface area contributed by atoms with Crippen LogP contribution in [0, 0.1) is 5.82 Å². The number of aromatic hydroxyl groups is 1. The quantitative estimate of drug-likeness (QED) is 0.395. The highest BCUT2D eigenvalue weighted by Gasteiger charge is 2.45. The van der Waals surface area contributed by atoms with Gasteiger partial charge in [0.25, 0.3) is 5.91 Å². The van der Waals surface area contributed by atoms with Crippen LogP contribution in [0.5, 0.6) is 11.5 Å². The minimum absolute atomic E-state index is 0.0776. The van der Waals surface area contributed by atoms with Crippen molar-refractivity contribution in [2.75, 3.05) is 12.0 Å². The topological polar surface area (TPSA) is 92.9 Å². The summed E-state index contributed by atoms with van der Waals surface area (Å²) in [7, 11) is 1.41. The summed E-state index contributed by atoms with van der Waals surface area (Å²) in [5.74, 6) is -0.916. The molecule has 1 atom stereocenters. The molecule has 7 nitrogen and oxygen atoms in total. The number of aromatic nitrogens is 1. The molecular formula is C25H15FN2O5S. The summed E-state index contributed by atoms with van der Waals surface area (Å²) in [5.41, 5.74) is 1.18. The number of hydrogen-bond acceptors (Lipinski definition) is 7. The first-order chi connectivity index (χ1) is 16.5. The van der Waals surface area contributed by atoms with Crippen molar-refractivity contribution in [2.45, 2.75) is 6.04 Å². The number of anilines is 1. The second kappa shape index (κ2) is 7.39. The van der Waals surface area contributed by atoms with Crippen molar-refractivity contribution >= 4 is 43.6 Å². The maximum absolute atomic E-state index is 13.8. The Labute approximate surface area is 195 Å². The van der Waals surface area contributed by atoms with Crippen LogP contribution in [-0.4, -0.2) is 23.1 Å². The van der Waals surface area contributed by atoms with Gasteiger partial charge in [0.15, 0.2) is 22.1 Å². The highest BCUT2D eigenvalue weighted by molar-refractivity contribution is 7.22. The molecule has 0 radical (unpaired) electrons. The zero-order chi connectivity index (χ0) is 23.6. The van der Waals surface area contributed by atoms with E-state index in [1.54, 1.807) is 36.4 Å². The third kappa shape index (κ3) is 2.90. The molecule has 0 spiro atoms. The number of hydrogen-bond donors (Lipinski definition) is 1. The number of para-hydroxylation sites is 1. The maximum atomic E-state index is 13.8. The molecule has 3 aromatic carbocycles. The van der Waals surface area contributed by atoms with Crippen molar-refractivity contribution in [1.29, 1.82) is 0 Å². The number of ether oxygens (including phenoxy) is 1. The van der Waals surface area contributed by atoms with Crippen LogP contribution in [-0.2, 0) is 0 Å². The molecule has 3 heterocycles. The van der Waals surface area contributed by atoms with E-state index in [1.165, 1.54) is 36.3 Å². The third-order valence-corrected chi connectivity index (χ3v) is 6.86. The zero-order valence-corrected chi connectivity index (χ0v) is 18.4. The van der Waals surface area contributed by atoms with Gasteiger partial charge in [-0.15, -0.1) is 0 Å². The molecule has 34 heavy (non-hydrogen) atoms.